The van der Waals surface area contributed by atoms with Gasteiger partial charge in [0, 0.05) is 23.7 Å². The molecule has 0 spiro atoms. The number of rotatable bonds is 5. The third-order valence-corrected chi connectivity index (χ3v) is 4.49. The molecule has 3 aromatic rings. The number of benzene rings is 1. The topological polar surface area (TPSA) is 46.4 Å². The molecule has 0 aliphatic heterocycles. The Balaban J connectivity index is 1.90. The van der Waals surface area contributed by atoms with E-state index in [1.54, 1.807) is 0 Å². The molecule has 0 radical (unpaired) electrons. The molecule has 0 atom stereocenters. The number of aryl methyl sites for hydroxylation is 1. The fraction of sp³-hybridized carbons (Fsp3) is 0.222. The van der Waals surface area contributed by atoms with Crippen molar-refractivity contribution in [1.29, 1.82) is 0 Å². The van der Waals surface area contributed by atoms with Crippen LogP contribution in [0.3, 0.4) is 0 Å². The van der Waals surface area contributed by atoms with Crippen LogP contribution in [0.2, 0.25) is 0 Å². The lowest BCUT2D eigenvalue weighted by atomic mass is 10.1. The predicted octanol–water partition coefficient (Wildman–Crippen LogP) is 3.93. The van der Waals surface area contributed by atoms with Crippen molar-refractivity contribution in [2.75, 3.05) is 6.54 Å². The number of hydrogen-bond donors (Lipinski definition) is 1. The van der Waals surface area contributed by atoms with Crippen LogP contribution < -0.4 is 5.32 Å². The minimum Gasteiger partial charge on any atom is -0.347 e. The molecule has 0 fully saturated rings. The average molecular weight is 325 g/mol. The molecular formula is C18H19N3OS. The van der Waals surface area contributed by atoms with E-state index < -0.39 is 0 Å². The van der Waals surface area contributed by atoms with Crippen LogP contribution in [0.25, 0.3) is 16.2 Å². The number of nitrogens with zero attached hydrogens (tertiary/aromatic N) is 2. The summed E-state index contributed by atoms with van der Waals surface area (Å²) >= 11 is 1.47. The molecule has 0 unspecified atom stereocenters. The first-order chi connectivity index (χ1) is 11.1. The van der Waals surface area contributed by atoms with E-state index in [-0.39, 0.29) is 5.91 Å². The molecule has 118 valence electrons. The average Bonchev–Trinajstić information content (AvgIpc) is 3.13. The summed E-state index contributed by atoms with van der Waals surface area (Å²) in [6.07, 6.45) is 2.94. The van der Waals surface area contributed by atoms with Crippen LogP contribution in [-0.2, 0) is 6.42 Å². The van der Waals surface area contributed by atoms with E-state index in [2.05, 4.69) is 48.1 Å². The molecule has 0 aliphatic rings. The Labute approximate surface area is 139 Å². The maximum Gasteiger partial charge on any atom is 0.269 e. The van der Waals surface area contributed by atoms with Crippen molar-refractivity contribution in [1.82, 2.24) is 14.7 Å². The Morgan fingerprint density at radius 3 is 2.74 bits per heavy atom. The van der Waals surface area contributed by atoms with E-state index in [0.29, 0.717) is 12.2 Å². The Kier molecular flexibility index (Phi) is 4.30. The van der Waals surface area contributed by atoms with Crippen LogP contribution >= 0.6 is 11.3 Å². The van der Waals surface area contributed by atoms with Crippen molar-refractivity contribution in [2.24, 2.45) is 0 Å². The van der Waals surface area contributed by atoms with Gasteiger partial charge >= 0.3 is 0 Å². The minimum atomic E-state index is -0.107. The van der Waals surface area contributed by atoms with Crippen LogP contribution in [0.1, 0.15) is 29.9 Å². The van der Waals surface area contributed by atoms with Crippen molar-refractivity contribution in [3.8, 4) is 11.3 Å². The van der Waals surface area contributed by atoms with Crippen molar-refractivity contribution < 1.29 is 4.79 Å². The van der Waals surface area contributed by atoms with E-state index in [9.17, 15) is 4.79 Å². The third kappa shape index (κ3) is 3.19. The van der Waals surface area contributed by atoms with Crippen molar-refractivity contribution in [2.45, 2.75) is 20.3 Å². The summed E-state index contributed by atoms with van der Waals surface area (Å²) in [7, 11) is 0. The maximum atomic E-state index is 12.3. The highest BCUT2D eigenvalue weighted by Gasteiger charge is 2.14. The van der Waals surface area contributed by atoms with Gasteiger partial charge < -0.3 is 5.32 Å². The van der Waals surface area contributed by atoms with Crippen LogP contribution in [0.15, 0.2) is 48.0 Å². The van der Waals surface area contributed by atoms with Gasteiger partial charge in [0.1, 0.15) is 5.69 Å². The normalized spacial score (nSPS) is 10.9. The Morgan fingerprint density at radius 1 is 1.35 bits per heavy atom. The first-order valence-corrected chi connectivity index (χ1v) is 8.45. The second-order valence-electron chi connectivity index (χ2n) is 5.59. The molecule has 0 saturated carbocycles. The number of amides is 1. The number of carbonyl (C=O) groups is 1. The van der Waals surface area contributed by atoms with E-state index in [1.807, 2.05) is 22.9 Å². The van der Waals surface area contributed by atoms with Gasteiger partial charge in [-0.25, -0.2) is 4.98 Å². The molecule has 0 aliphatic carbocycles. The van der Waals surface area contributed by atoms with Gasteiger partial charge in [0.25, 0.3) is 5.91 Å². The van der Waals surface area contributed by atoms with Crippen LogP contribution in [-0.4, -0.2) is 21.8 Å². The molecule has 2 heterocycles. The van der Waals surface area contributed by atoms with Gasteiger partial charge in [-0.1, -0.05) is 43.3 Å². The van der Waals surface area contributed by atoms with Crippen molar-refractivity contribution in [3.05, 3.63) is 59.3 Å². The first-order valence-electron chi connectivity index (χ1n) is 7.57. The van der Waals surface area contributed by atoms with Gasteiger partial charge in [-0.15, -0.1) is 11.3 Å². The summed E-state index contributed by atoms with van der Waals surface area (Å²) in [5.74, 6) is -0.107. The number of nitrogens with one attached hydrogen (secondary N) is 1. The van der Waals surface area contributed by atoms with Gasteiger partial charge in [-0.05, 0) is 18.9 Å². The van der Waals surface area contributed by atoms with Gasteiger partial charge in [0.05, 0.1) is 5.69 Å². The maximum absolute atomic E-state index is 12.3. The summed E-state index contributed by atoms with van der Waals surface area (Å²) in [5.41, 5.74) is 4.77. The highest BCUT2D eigenvalue weighted by Crippen LogP contribution is 2.24. The van der Waals surface area contributed by atoms with Crippen LogP contribution in [0.5, 0.6) is 0 Å². The summed E-state index contributed by atoms with van der Waals surface area (Å²) < 4.78 is 1.85. The predicted molar refractivity (Wildman–Crippen MR) is 95.0 cm³/mol. The molecule has 1 N–H and O–H groups in total. The minimum absolute atomic E-state index is 0.107. The van der Waals surface area contributed by atoms with Crippen LogP contribution in [0.4, 0.5) is 0 Å². The Morgan fingerprint density at radius 2 is 2.09 bits per heavy atom. The SMILES string of the molecule is C=C(C)CNC(=O)c1csc2nc(-c3ccc(CC)cc3)cn12. The van der Waals surface area contributed by atoms with Crippen molar-refractivity contribution in [3.63, 3.8) is 0 Å². The molecule has 1 amide bonds. The molecule has 5 heteroatoms. The highest BCUT2D eigenvalue weighted by atomic mass is 32.1. The molecule has 23 heavy (non-hydrogen) atoms. The molecule has 4 nitrogen and oxygen atoms in total. The molecule has 1 aromatic carbocycles. The first kappa shape index (κ1) is 15.5. The lowest BCUT2D eigenvalue weighted by Crippen LogP contribution is -2.25. The quantitative estimate of drug-likeness (QED) is 0.723. The van der Waals surface area contributed by atoms with E-state index in [4.69, 9.17) is 0 Å². The Bertz CT molecular complexity index is 858. The fourth-order valence-corrected chi connectivity index (χ4v) is 3.17. The number of thiazole rings is 1. The second kappa shape index (κ2) is 6.38. The highest BCUT2D eigenvalue weighted by molar-refractivity contribution is 7.15. The summed E-state index contributed by atoms with van der Waals surface area (Å²) in [6.45, 7) is 8.30. The summed E-state index contributed by atoms with van der Waals surface area (Å²) in [6, 6.07) is 8.38. The van der Waals surface area contributed by atoms with E-state index >= 15 is 0 Å². The number of aromatic nitrogens is 2. The van der Waals surface area contributed by atoms with Crippen molar-refractivity contribution >= 4 is 22.2 Å². The zero-order valence-electron chi connectivity index (χ0n) is 13.3. The number of carbonyl (C=O) groups excluding carboxylic acids is 1. The van der Waals surface area contributed by atoms with E-state index in [1.165, 1.54) is 16.9 Å². The molecular weight excluding hydrogens is 306 g/mol. The standard InChI is InChI=1S/C18H19N3OS/c1-4-13-5-7-14(8-6-13)15-10-21-16(11-23-18(21)20-15)17(22)19-9-12(2)3/h5-8,10-11H,2,4,9H2,1,3H3,(H,19,22). The second-order valence-corrected chi connectivity index (χ2v) is 6.43. The summed E-state index contributed by atoms with van der Waals surface area (Å²) in [5, 5.41) is 4.69. The zero-order valence-corrected chi connectivity index (χ0v) is 14.1. The fourth-order valence-electron chi connectivity index (χ4n) is 2.32. The van der Waals surface area contributed by atoms with Gasteiger partial charge in [0.2, 0.25) is 0 Å². The monoisotopic (exact) mass is 325 g/mol. The van der Waals surface area contributed by atoms with Gasteiger partial charge in [0.15, 0.2) is 4.96 Å². The third-order valence-electron chi connectivity index (χ3n) is 3.65. The summed E-state index contributed by atoms with van der Waals surface area (Å²) in [4.78, 5) is 17.7. The molecule has 2 aromatic heterocycles. The zero-order chi connectivity index (χ0) is 16.4. The lowest BCUT2D eigenvalue weighted by molar-refractivity contribution is 0.0951. The Hall–Kier alpha value is -2.40. The van der Waals surface area contributed by atoms with E-state index in [0.717, 1.165) is 28.2 Å². The molecule has 0 bridgehead atoms. The molecule has 0 saturated heterocycles. The molecule has 3 rings (SSSR count). The number of hydrogen-bond acceptors (Lipinski definition) is 3. The number of fused-ring (bicyclic) bond motifs is 1. The number of imidazole rings is 1. The van der Waals surface area contributed by atoms with Gasteiger partial charge in [-0.3, -0.25) is 9.20 Å². The largest absolute Gasteiger partial charge is 0.347 e. The van der Waals surface area contributed by atoms with Gasteiger partial charge in [-0.2, -0.15) is 0 Å². The smallest absolute Gasteiger partial charge is 0.269 e. The van der Waals surface area contributed by atoms with Crippen LogP contribution in [0, 0.1) is 0 Å². The lowest BCUT2D eigenvalue weighted by Gasteiger charge is -2.03.